The minimum Gasteiger partial charge on any atom is -0.464 e. The van der Waals surface area contributed by atoms with Crippen LogP contribution in [0.25, 0.3) is 11.3 Å². The van der Waals surface area contributed by atoms with Crippen molar-refractivity contribution in [1.82, 2.24) is 4.98 Å². The van der Waals surface area contributed by atoms with Crippen LogP contribution in [-0.2, 0) is 4.79 Å². The van der Waals surface area contributed by atoms with E-state index < -0.39 is 5.25 Å². The second kappa shape index (κ2) is 8.51. The van der Waals surface area contributed by atoms with Gasteiger partial charge in [0.25, 0.3) is 0 Å². The maximum Gasteiger partial charge on any atom is 0.237 e. The van der Waals surface area contributed by atoms with Gasteiger partial charge in [-0.05, 0) is 38.1 Å². The van der Waals surface area contributed by atoms with E-state index in [1.54, 1.807) is 19.1 Å². The van der Waals surface area contributed by atoms with Gasteiger partial charge in [-0.15, -0.1) is 0 Å². The summed E-state index contributed by atoms with van der Waals surface area (Å²) in [6, 6.07) is 14.8. The van der Waals surface area contributed by atoms with Crippen molar-refractivity contribution in [1.29, 1.82) is 10.5 Å². The average molecular weight is 403 g/mol. The molecule has 144 valence electrons. The number of nitrogens with one attached hydrogen (secondary N) is 1. The van der Waals surface area contributed by atoms with Crippen LogP contribution in [0.3, 0.4) is 0 Å². The first kappa shape index (κ1) is 20.0. The lowest BCUT2D eigenvalue weighted by atomic mass is 10.0. The van der Waals surface area contributed by atoms with Gasteiger partial charge >= 0.3 is 0 Å². The van der Waals surface area contributed by atoms with E-state index in [4.69, 9.17) is 10.2 Å². The SMILES string of the molecule is Cc1ccc(NC(=O)C(C)Sc2nc(N)c(C#N)c(-c3ccco3)c2C#N)cc1. The van der Waals surface area contributed by atoms with Crippen molar-refractivity contribution in [2.75, 3.05) is 11.1 Å². The molecule has 2 heterocycles. The van der Waals surface area contributed by atoms with Crippen LogP contribution in [0.15, 0.2) is 52.1 Å². The molecule has 1 aromatic carbocycles. The Hall–Kier alpha value is -3.75. The highest BCUT2D eigenvalue weighted by Crippen LogP contribution is 2.37. The molecule has 7 nitrogen and oxygen atoms in total. The summed E-state index contributed by atoms with van der Waals surface area (Å²) in [6.07, 6.45) is 1.44. The van der Waals surface area contributed by atoms with E-state index in [1.165, 1.54) is 6.26 Å². The molecule has 0 saturated carbocycles. The van der Waals surface area contributed by atoms with E-state index >= 15 is 0 Å². The zero-order valence-electron chi connectivity index (χ0n) is 15.8. The molecule has 1 unspecified atom stereocenters. The quantitative estimate of drug-likeness (QED) is 0.614. The number of nitrogens with two attached hydrogens (primary N) is 1. The van der Waals surface area contributed by atoms with Crippen molar-refractivity contribution in [3.05, 3.63) is 59.4 Å². The normalized spacial score (nSPS) is 11.3. The van der Waals surface area contributed by atoms with Gasteiger partial charge in [0, 0.05) is 5.69 Å². The van der Waals surface area contributed by atoms with Gasteiger partial charge in [0.15, 0.2) is 0 Å². The second-order valence-electron chi connectivity index (χ2n) is 6.24. The Labute approximate surface area is 172 Å². The van der Waals surface area contributed by atoms with Crippen molar-refractivity contribution in [3.8, 4) is 23.5 Å². The molecular weight excluding hydrogens is 386 g/mol. The largest absolute Gasteiger partial charge is 0.464 e. The highest BCUT2D eigenvalue weighted by molar-refractivity contribution is 8.00. The summed E-state index contributed by atoms with van der Waals surface area (Å²) < 4.78 is 5.38. The maximum absolute atomic E-state index is 12.6. The first-order chi connectivity index (χ1) is 13.9. The lowest BCUT2D eigenvalue weighted by Gasteiger charge is -2.15. The van der Waals surface area contributed by atoms with Gasteiger partial charge in [0.05, 0.1) is 22.6 Å². The second-order valence-corrected chi connectivity index (χ2v) is 7.57. The summed E-state index contributed by atoms with van der Waals surface area (Å²) in [6.45, 7) is 3.67. The number of hydrogen-bond acceptors (Lipinski definition) is 7. The van der Waals surface area contributed by atoms with Crippen molar-refractivity contribution in [2.24, 2.45) is 0 Å². The summed E-state index contributed by atoms with van der Waals surface area (Å²) in [5.74, 6) is 0.0735. The Morgan fingerprint density at radius 2 is 1.90 bits per heavy atom. The van der Waals surface area contributed by atoms with Crippen molar-refractivity contribution in [3.63, 3.8) is 0 Å². The predicted molar refractivity (Wildman–Crippen MR) is 111 cm³/mol. The lowest BCUT2D eigenvalue weighted by molar-refractivity contribution is -0.115. The average Bonchev–Trinajstić information content (AvgIpc) is 3.23. The Kier molecular flexibility index (Phi) is 5.87. The monoisotopic (exact) mass is 403 g/mol. The fourth-order valence-electron chi connectivity index (χ4n) is 2.65. The van der Waals surface area contributed by atoms with Crippen LogP contribution in [0, 0.1) is 29.6 Å². The van der Waals surface area contributed by atoms with Crippen molar-refractivity contribution in [2.45, 2.75) is 24.1 Å². The van der Waals surface area contributed by atoms with Gasteiger partial charge in [-0.25, -0.2) is 4.98 Å². The summed E-state index contributed by atoms with van der Waals surface area (Å²) in [7, 11) is 0. The molecule has 0 aliphatic carbocycles. The molecule has 0 aliphatic rings. The fourth-order valence-corrected chi connectivity index (χ4v) is 3.57. The number of hydrogen-bond donors (Lipinski definition) is 2. The number of carbonyl (C=O) groups is 1. The molecule has 0 fully saturated rings. The van der Waals surface area contributed by atoms with Crippen LogP contribution in [0.5, 0.6) is 0 Å². The van der Waals surface area contributed by atoms with E-state index in [-0.39, 0.29) is 33.4 Å². The first-order valence-corrected chi connectivity index (χ1v) is 9.54. The Balaban J connectivity index is 1.92. The van der Waals surface area contributed by atoms with Gasteiger partial charge in [-0.2, -0.15) is 10.5 Å². The number of nitriles is 2. The summed E-state index contributed by atoms with van der Waals surface area (Å²) in [4.78, 5) is 16.8. The topological polar surface area (TPSA) is 129 Å². The highest BCUT2D eigenvalue weighted by atomic mass is 32.2. The van der Waals surface area contributed by atoms with E-state index in [1.807, 2.05) is 37.3 Å². The Morgan fingerprint density at radius 1 is 1.21 bits per heavy atom. The molecule has 0 saturated heterocycles. The number of rotatable bonds is 5. The van der Waals surface area contributed by atoms with Crippen molar-refractivity contribution < 1.29 is 9.21 Å². The van der Waals surface area contributed by atoms with Crippen LogP contribution >= 0.6 is 11.8 Å². The van der Waals surface area contributed by atoms with E-state index in [0.717, 1.165) is 17.3 Å². The van der Waals surface area contributed by atoms with E-state index in [2.05, 4.69) is 16.4 Å². The smallest absolute Gasteiger partial charge is 0.237 e. The molecule has 0 spiro atoms. The van der Waals surface area contributed by atoms with Crippen LogP contribution < -0.4 is 11.1 Å². The molecule has 8 heteroatoms. The van der Waals surface area contributed by atoms with Crippen LogP contribution in [0.2, 0.25) is 0 Å². The number of thioether (sulfide) groups is 1. The number of benzene rings is 1. The van der Waals surface area contributed by atoms with Gasteiger partial charge in [-0.1, -0.05) is 29.5 Å². The standard InChI is InChI=1S/C21H17N5O2S/c1-12-5-7-14(8-6-12)25-20(27)13(2)29-21-16(11-23)18(17-4-3-9-28-17)15(10-22)19(24)26-21/h3-9,13H,1-2H3,(H2,24,26)(H,25,27). The predicted octanol–water partition coefficient (Wildman–Crippen LogP) is 4.09. The molecular formula is C21H17N5O2S. The van der Waals surface area contributed by atoms with Crippen LogP contribution in [0.1, 0.15) is 23.6 Å². The molecule has 2 aromatic heterocycles. The number of nitrogen functional groups attached to an aromatic ring is 1. The Bertz CT molecular complexity index is 1130. The molecule has 29 heavy (non-hydrogen) atoms. The number of aromatic nitrogens is 1. The molecule has 0 bridgehead atoms. The molecule has 1 amide bonds. The fraction of sp³-hybridized carbons (Fsp3) is 0.143. The summed E-state index contributed by atoms with van der Waals surface area (Å²) >= 11 is 1.09. The number of pyridine rings is 1. The minimum atomic E-state index is -0.562. The molecule has 3 rings (SSSR count). The number of anilines is 2. The van der Waals surface area contributed by atoms with Crippen LogP contribution in [0.4, 0.5) is 11.5 Å². The first-order valence-electron chi connectivity index (χ1n) is 8.66. The third-order valence-electron chi connectivity index (χ3n) is 4.16. The third kappa shape index (κ3) is 4.23. The minimum absolute atomic E-state index is 0.0217. The number of furan rings is 1. The van der Waals surface area contributed by atoms with Crippen molar-refractivity contribution >= 4 is 29.2 Å². The zero-order valence-corrected chi connectivity index (χ0v) is 16.6. The van der Waals surface area contributed by atoms with Gasteiger partial charge in [-0.3, -0.25) is 4.79 Å². The summed E-state index contributed by atoms with van der Waals surface area (Å²) in [5.41, 5.74) is 8.21. The highest BCUT2D eigenvalue weighted by Gasteiger charge is 2.25. The number of aryl methyl sites for hydroxylation is 1. The van der Waals surface area contributed by atoms with Gasteiger partial charge < -0.3 is 15.5 Å². The molecule has 0 aliphatic heterocycles. The maximum atomic E-state index is 12.6. The molecule has 3 aromatic rings. The van der Waals surface area contributed by atoms with E-state index in [9.17, 15) is 15.3 Å². The number of nitrogens with zero attached hydrogens (tertiary/aromatic N) is 3. The van der Waals surface area contributed by atoms with E-state index in [0.29, 0.717) is 11.4 Å². The molecule has 3 N–H and O–H groups in total. The lowest BCUT2D eigenvalue weighted by Crippen LogP contribution is -2.22. The third-order valence-corrected chi connectivity index (χ3v) is 5.25. The molecule has 1 atom stereocenters. The van der Waals surface area contributed by atoms with Gasteiger partial charge in [0.1, 0.15) is 34.3 Å². The summed E-state index contributed by atoms with van der Waals surface area (Å²) in [5, 5.41) is 21.7. The zero-order chi connectivity index (χ0) is 21.0. The molecule has 0 radical (unpaired) electrons. The number of amides is 1. The number of carbonyl (C=O) groups excluding carboxylic acids is 1. The van der Waals surface area contributed by atoms with Crippen LogP contribution in [-0.4, -0.2) is 16.1 Å². The van der Waals surface area contributed by atoms with Gasteiger partial charge in [0.2, 0.25) is 5.91 Å². The Morgan fingerprint density at radius 3 is 2.48 bits per heavy atom.